The second kappa shape index (κ2) is 2.01. The first-order valence-corrected chi connectivity index (χ1v) is 2.72. The van der Waals surface area contributed by atoms with Gasteiger partial charge >= 0.3 is 0 Å². The molecule has 0 aliphatic rings. The molecule has 0 saturated heterocycles. The number of rotatable bonds is 0. The third-order valence-electron chi connectivity index (χ3n) is 1.03. The third kappa shape index (κ3) is 1.16. The highest BCUT2D eigenvalue weighted by Crippen LogP contribution is 1.92. The Morgan fingerprint density at radius 1 is 1.78 bits per heavy atom. The maximum absolute atomic E-state index is 10.6. The number of nitrogens with zero attached hydrogens (tertiary/aromatic N) is 2. The molecule has 0 unspecified atom stereocenters. The lowest BCUT2D eigenvalue weighted by Gasteiger charge is -1.87. The first-order chi connectivity index (χ1) is 4.20. The molecule has 1 heterocycles. The highest BCUT2D eigenvalue weighted by atomic mass is 16.2. The normalized spacial score (nSPS) is 9.56. The van der Waals surface area contributed by atoms with Gasteiger partial charge in [-0.05, 0) is 12.5 Å². The van der Waals surface area contributed by atoms with Crippen LogP contribution in [-0.4, -0.2) is 15.7 Å². The summed E-state index contributed by atoms with van der Waals surface area (Å²) in [7, 11) is 0. The van der Waals surface area contributed by atoms with Crippen LogP contribution in [0.2, 0.25) is 0 Å². The van der Waals surface area contributed by atoms with Crippen LogP contribution in [0.1, 0.15) is 17.3 Å². The summed E-state index contributed by atoms with van der Waals surface area (Å²) in [6.45, 7) is 3.37. The first kappa shape index (κ1) is 6.01. The Balaban J connectivity index is 2.98. The second-order valence-electron chi connectivity index (χ2n) is 1.98. The van der Waals surface area contributed by atoms with Gasteiger partial charge in [0.2, 0.25) is 5.91 Å². The molecule has 0 aromatic carbocycles. The molecule has 9 heavy (non-hydrogen) atoms. The Morgan fingerprint density at radius 3 is 2.67 bits per heavy atom. The minimum atomic E-state index is -0.0527. The summed E-state index contributed by atoms with van der Waals surface area (Å²) in [6.07, 6.45) is 3.35. The van der Waals surface area contributed by atoms with E-state index >= 15 is 0 Å². The van der Waals surface area contributed by atoms with E-state index in [1.807, 2.05) is 6.92 Å². The summed E-state index contributed by atoms with van der Waals surface area (Å²) in [5.41, 5.74) is 1.00. The molecule has 0 atom stereocenters. The van der Waals surface area contributed by atoms with Crippen LogP contribution < -0.4 is 0 Å². The van der Waals surface area contributed by atoms with Crippen molar-refractivity contribution in [2.24, 2.45) is 0 Å². The molecule has 0 aliphatic carbocycles. The van der Waals surface area contributed by atoms with Crippen molar-refractivity contribution in [3.8, 4) is 0 Å². The maximum atomic E-state index is 10.6. The van der Waals surface area contributed by atoms with Crippen LogP contribution in [-0.2, 0) is 0 Å². The van der Waals surface area contributed by atoms with E-state index in [0.29, 0.717) is 0 Å². The van der Waals surface area contributed by atoms with Crippen LogP contribution in [0, 0.1) is 6.92 Å². The van der Waals surface area contributed by atoms with E-state index in [-0.39, 0.29) is 5.91 Å². The van der Waals surface area contributed by atoms with Gasteiger partial charge in [-0.2, -0.15) is 5.10 Å². The molecule has 0 fully saturated rings. The number of aryl methyl sites for hydroxylation is 1. The molecule has 3 nitrogen and oxygen atoms in total. The number of hydrogen-bond donors (Lipinski definition) is 0. The molecular weight excluding hydrogens is 116 g/mol. The fourth-order valence-electron chi connectivity index (χ4n) is 0.585. The van der Waals surface area contributed by atoms with Crippen LogP contribution in [0.25, 0.3) is 0 Å². The van der Waals surface area contributed by atoms with Gasteiger partial charge in [0.1, 0.15) is 0 Å². The zero-order chi connectivity index (χ0) is 6.85. The van der Waals surface area contributed by atoms with Crippen molar-refractivity contribution < 1.29 is 4.79 Å². The van der Waals surface area contributed by atoms with E-state index in [4.69, 9.17) is 0 Å². The fourth-order valence-corrected chi connectivity index (χ4v) is 0.585. The van der Waals surface area contributed by atoms with Crippen molar-refractivity contribution >= 4 is 5.91 Å². The van der Waals surface area contributed by atoms with Crippen molar-refractivity contribution in [3.63, 3.8) is 0 Å². The largest absolute Gasteiger partial charge is 0.273 e. The molecule has 0 bridgehead atoms. The highest BCUT2D eigenvalue weighted by molar-refractivity contribution is 5.74. The van der Waals surface area contributed by atoms with Crippen molar-refractivity contribution in [2.75, 3.05) is 0 Å². The molecule has 0 radical (unpaired) electrons. The number of carbonyl (C=O) groups excluding carboxylic acids is 1. The van der Waals surface area contributed by atoms with E-state index < -0.39 is 0 Å². The predicted octanol–water partition coefficient (Wildman–Crippen LogP) is 0.852. The number of carbonyl (C=O) groups is 1. The Bertz CT molecular complexity index is 227. The lowest BCUT2D eigenvalue weighted by molar-refractivity contribution is 0.0921. The monoisotopic (exact) mass is 124 g/mol. The van der Waals surface area contributed by atoms with Crippen LogP contribution >= 0.6 is 0 Å². The van der Waals surface area contributed by atoms with Gasteiger partial charge in [0.05, 0.1) is 6.20 Å². The summed E-state index contributed by atoms with van der Waals surface area (Å²) in [5, 5.41) is 3.78. The summed E-state index contributed by atoms with van der Waals surface area (Å²) < 4.78 is 1.31. The van der Waals surface area contributed by atoms with E-state index in [9.17, 15) is 4.79 Å². The second-order valence-corrected chi connectivity index (χ2v) is 1.98. The van der Waals surface area contributed by atoms with E-state index in [1.54, 1.807) is 12.4 Å². The third-order valence-corrected chi connectivity index (χ3v) is 1.03. The molecule has 0 saturated carbocycles. The van der Waals surface area contributed by atoms with Gasteiger partial charge < -0.3 is 0 Å². The van der Waals surface area contributed by atoms with E-state index in [2.05, 4.69) is 5.10 Å². The van der Waals surface area contributed by atoms with Gasteiger partial charge in [-0.15, -0.1) is 0 Å². The standard InChI is InChI=1S/C6H8N2O/c1-5-3-7-8(4-5)6(2)9/h3-4H,1-2H3. The topological polar surface area (TPSA) is 34.9 Å². The zero-order valence-electron chi connectivity index (χ0n) is 5.46. The fraction of sp³-hybridized carbons (Fsp3) is 0.333. The number of hydrogen-bond acceptors (Lipinski definition) is 2. The molecule has 0 aliphatic heterocycles. The van der Waals surface area contributed by atoms with Crippen molar-refractivity contribution in [1.82, 2.24) is 9.78 Å². The van der Waals surface area contributed by atoms with Gasteiger partial charge in [0, 0.05) is 13.1 Å². The minimum Gasteiger partial charge on any atom is -0.273 e. The SMILES string of the molecule is CC(=O)n1cc(C)cn1. The molecular formula is C6H8N2O. The average molecular weight is 124 g/mol. The molecule has 1 rings (SSSR count). The molecule has 0 spiro atoms. The van der Waals surface area contributed by atoms with Gasteiger partial charge in [-0.1, -0.05) is 0 Å². The first-order valence-electron chi connectivity index (χ1n) is 2.72. The molecule has 0 N–H and O–H groups in total. The zero-order valence-corrected chi connectivity index (χ0v) is 5.46. The van der Waals surface area contributed by atoms with Crippen LogP contribution in [0.4, 0.5) is 0 Å². The van der Waals surface area contributed by atoms with Gasteiger partial charge in [-0.25, -0.2) is 4.68 Å². The highest BCUT2D eigenvalue weighted by Gasteiger charge is 1.95. The summed E-state index contributed by atoms with van der Waals surface area (Å²) >= 11 is 0. The van der Waals surface area contributed by atoms with Crippen molar-refractivity contribution in [1.29, 1.82) is 0 Å². The predicted molar refractivity (Wildman–Crippen MR) is 33.3 cm³/mol. The average Bonchev–Trinajstić information content (AvgIpc) is 2.14. The van der Waals surface area contributed by atoms with Gasteiger partial charge in [0.25, 0.3) is 0 Å². The Morgan fingerprint density at radius 2 is 2.44 bits per heavy atom. The van der Waals surface area contributed by atoms with E-state index in [0.717, 1.165) is 5.56 Å². The smallest absolute Gasteiger partial charge is 0.243 e. The quantitative estimate of drug-likeness (QED) is 0.514. The summed E-state index contributed by atoms with van der Waals surface area (Å²) in [5.74, 6) is -0.0527. The Hall–Kier alpha value is -1.12. The molecule has 0 amide bonds. The summed E-state index contributed by atoms with van der Waals surface area (Å²) in [6, 6.07) is 0. The molecule has 1 aromatic heterocycles. The minimum absolute atomic E-state index is 0.0527. The Labute approximate surface area is 53.3 Å². The van der Waals surface area contributed by atoms with Crippen molar-refractivity contribution in [2.45, 2.75) is 13.8 Å². The maximum Gasteiger partial charge on any atom is 0.243 e. The summed E-state index contributed by atoms with van der Waals surface area (Å²) in [4.78, 5) is 10.6. The Kier molecular flexibility index (Phi) is 1.34. The molecule has 48 valence electrons. The van der Waals surface area contributed by atoms with Crippen molar-refractivity contribution in [3.05, 3.63) is 18.0 Å². The van der Waals surface area contributed by atoms with Gasteiger partial charge in [0.15, 0.2) is 0 Å². The molecule has 3 heteroatoms. The number of aromatic nitrogens is 2. The molecule has 1 aromatic rings. The van der Waals surface area contributed by atoms with Crippen LogP contribution in [0.15, 0.2) is 12.4 Å². The van der Waals surface area contributed by atoms with E-state index in [1.165, 1.54) is 11.6 Å². The lowest BCUT2D eigenvalue weighted by atomic mass is 10.4. The lowest BCUT2D eigenvalue weighted by Crippen LogP contribution is -2.04. The van der Waals surface area contributed by atoms with Gasteiger partial charge in [-0.3, -0.25) is 4.79 Å². The van der Waals surface area contributed by atoms with Crippen LogP contribution in [0.3, 0.4) is 0 Å². The van der Waals surface area contributed by atoms with Crippen LogP contribution in [0.5, 0.6) is 0 Å².